The molecule has 0 saturated carbocycles. The molecule has 0 aromatic heterocycles. The molecule has 1 amide bonds. The SMILES string of the molecule is CN1CCN(c2ccc(Cl)cc2NC(=O)c2cc(F)c(Cl)cc2Cl)CC1. The van der Waals surface area contributed by atoms with Gasteiger partial charge in [-0.1, -0.05) is 34.8 Å². The van der Waals surface area contributed by atoms with Gasteiger partial charge in [0.25, 0.3) is 5.91 Å². The van der Waals surface area contributed by atoms with Crippen molar-refractivity contribution < 1.29 is 9.18 Å². The molecule has 1 fully saturated rings. The molecule has 0 radical (unpaired) electrons. The van der Waals surface area contributed by atoms with Crippen LogP contribution < -0.4 is 10.2 Å². The summed E-state index contributed by atoms with van der Waals surface area (Å²) in [6.45, 7) is 3.50. The van der Waals surface area contributed by atoms with Crippen LogP contribution in [0.15, 0.2) is 30.3 Å². The van der Waals surface area contributed by atoms with Gasteiger partial charge in [-0.25, -0.2) is 4.39 Å². The number of likely N-dealkylation sites (N-methyl/N-ethyl adjacent to an activating group) is 1. The number of piperazine rings is 1. The van der Waals surface area contributed by atoms with Gasteiger partial charge in [-0.3, -0.25) is 4.79 Å². The predicted molar refractivity (Wildman–Crippen MR) is 106 cm³/mol. The molecule has 1 aliphatic heterocycles. The van der Waals surface area contributed by atoms with Crippen molar-refractivity contribution in [1.82, 2.24) is 4.90 Å². The summed E-state index contributed by atoms with van der Waals surface area (Å²) < 4.78 is 13.7. The molecule has 1 saturated heterocycles. The highest BCUT2D eigenvalue weighted by Crippen LogP contribution is 2.31. The van der Waals surface area contributed by atoms with Crippen molar-refractivity contribution in [2.75, 3.05) is 43.4 Å². The molecule has 1 N–H and O–H groups in total. The van der Waals surface area contributed by atoms with Crippen molar-refractivity contribution in [1.29, 1.82) is 0 Å². The molecule has 2 aromatic rings. The molecule has 1 aliphatic rings. The quantitative estimate of drug-likeness (QED) is 0.731. The summed E-state index contributed by atoms with van der Waals surface area (Å²) in [6.07, 6.45) is 0. The fourth-order valence-electron chi connectivity index (χ4n) is 2.82. The van der Waals surface area contributed by atoms with Crippen LogP contribution >= 0.6 is 34.8 Å². The van der Waals surface area contributed by atoms with Crippen molar-refractivity contribution in [3.8, 4) is 0 Å². The summed E-state index contributed by atoms with van der Waals surface area (Å²) in [5.74, 6) is -1.23. The summed E-state index contributed by atoms with van der Waals surface area (Å²) in [5.41, 5.74) is 1.43. The summed E-state index contributed by atoms with van der Waals surface area (Å²) in [6, 6.07) is 7.56. The van der Waals surface area contributed by atoms with E-state index in [-0.39, 0.29) is 15.6 Å². The highest BCUT2D eigenvalue weighted by molar-refractivity contribution is 6.37. The molecule has 26 heavy (non-hydrogen) atoms. The van der Waals surface area contributed by atoms with Gasteiger partial charge in [-0.2, -0.15) is 0 Å². The van der Waals surface area contributed by atoms with Crippen LogP contribution in [0, 0.1) is 5.82 Å². The first-order valence-electron chi connectivity index (χ1n) is 8.04. The molecular weight excluding hydrogens is 400 g/mol. The second-order valence-electron chi connectivity index (χ2n) is 6.15. The molecular formula is C18H17Cl3FN3O. The summed E-state index contributed by atoms with van der Waals surface area (Å²) in [4.78, 5) is 17.0. The summed E-state index contributed by atoms with van der Waals surface area (Å²) in [5, 5.41) is 3.23. The van der Waals surface area contributed by atoms with Crippen LogP contribution in [0.4, 0.5) is 15.8 Å². The van der Waals surface area contributed by atoms with Crippen LogP contribution in [0.2, 0.25) is 15.1 Å². The van der Waals surface area contributed by atoms with E-state index in [0.717, 1.165) is 37.9 Å². The molecule has 138 valence electrons. The number of rotatable bonds is 3. The third kappa shape index (κ3) is 4.23. The minimum atomic E-state index is -0.702. The number of halogens is 4. The average Bonchev–Trinajstić information content (AvgIpc) is 2.59. The maximum absolute atomic E-state index is 13.7. The Hall–Kier alpha value is -1.53. The zero-order chi connectivity index (χ0) is 18.8. The van der Waals surface area contributed by atoms with E-state index in [4.69, 9.17) is 34.8 Å². The van der Waals surface area contributed by atoms with Gasteiger partial charge >= 0.3 is 0 Å². The minimum absolute atomic E-state index is 0.0119. The zero-order valence-corrected chi connectivity index (χ0v) is 16.3. The van der Waals surface area contributed by atoms with Crippen molar-refractivity contribution in [2.45, 2.75) is 0 Å². The Labute approximate surface area is 166 Å². The molecule has 0 atom stereocenters. The number of hydrogen-bond acceptors (Lipinski definition) is 3. The smallest absolute Gasteiger partial charge is 0.257 e. The summed E-state index contributed by atoms with van der Waals surface area (Å²) >= 11 is 17.8. The predicted octanol–water partition coefficient (Wildman–Crippen LogP) is 4.79. The minimum Gasteiger partial charge on any atom is -0.367 e. The van der Waals surface area contributed by atoms with Gasteiger partial charge in [0, 0.05) is 31.2 Å². The number of nitrogens with one attached hydrogen (secondary N) is 1. The normalized spacial score (nSPS) is 15.2. The van der Waals surface area contributed by atoms with E-state index in [0.29, 0.717) is 10.7 Å². The largest absolute Gasteiger partial charge is 0.367 e. The van der Waals surface area contributed by atoms with E-state index in [9.17, 15) is 9.18 Å². The van der Waals surface area contributed by atoms with Crippen molar-refractivity contribution in [2.24, 2.45) is 0 Å². The Morgan fingerprint density at radius 1 is 1.04 bits per heavy atom. The van der Waals surface area contributed by atoms with E-state index >= 15 is 0 Å². The van der Waals surface area contributed by atoms with Crippen LogP contribution in [0.25, 0.3) is 0 Å². The Balaban J connectivity index is 1.88. The van der Waals surface area contributed by atoms with Gasteiger partial charge in [0.15, 0.2) is 0 Å². The number of carbonyl (C=O) groups excluding carboxylic acids is 1. The van der Waals surface area contributed by atoms with Crippen LogP contribution in [0.1, 0.15) is 10.4 Å². The zero-order valence-electron chi connectivity index (χ0n) is 14.0. The van der Waals surface area contributed by atoms with Gasteiger partial charge in [0.2, 0.25) is 0 Å². The van der Waals surface area contributed by atoms with Gasteiger partial charge < -0.3 is 15.1 Å². The van der Waals surface area contributed by atoms with E-state index in [1.807, 2.05) is 6.07 Å². The van der Waals surface area contributed by atoms with E-state index in [1.165, 1.54) is 6.07 Å². The number of carbonyl (C=O) groups is 1. The Morgan fingerprint density at radius 2 is 1.73 bits per heavy atom. The molecule has 1 heterocycles. The highest BCUT2D eigenvalue weighted by Gasteiger charge is 2.20. The Kier molecular flexibility index (Phi) is 5.92. The second-order valence-corrected chi connectivity index (χ2v) is 7.40. The van der Waals surface area contributed by atoms with Gasteiger partial charge in [-0.05, 0) is 37.4 Å². The molecule has 4 nitrogen and oxygen atoms in total. The Morgan fingerprint density at radius 3 is 2.42 bits per heavy atom. The molecule has 0 spiro atoms. The Bertz CT molecular complexity index is 839. The lowest BCUT2D eigenvalue weighted by Gasteiger charge is -2.35. The number of nitrogens with zero attached hydrogens (tertiary/aromatic N) is 2. The fourth-order valence-corrected chi connectivity index (χ4v) is 3.46. The van der Waals surface area contributed by atoms with Crippen molar-refractivity contribution in [3.63, 3.8) is 0 Å². The maximum atomic E-state index is 13.7. The number of benzene rings is 2. The highest BCUT2D eigenvalue weighted by atomic mass is 35.5. The first-order chi connectivity index (χ1) is 12.3. The van der Waals surface area contributed by atoms with E-state index < -0.39 is 11.7 Å². The van der Waals surface area contributed by atoms with Gasteiger partial charge in [0.05, 0.1) is 27.0 Å². The van der Waals surface area contributed by atoms with E-state index in [2.05, 4.69) is 22.2 Å². The van der Waals surface area contributed by atoms with E-state index in [1.54, 1.807) is 12.1 Å². The molecule has 3 rings (SSSR count). The lowest BCUT2D eigenvalue weighted by Crippen LogP contribution is -2.44. The first-order valence-corrected chi connectivity index (χ1v) is 9.17. The maximum Gasteiger partial charge on any atom is 0.257 e. The van der Waals surface area contributed by atoms with Gasteiger partial charge in [-0.15, -0.1) is 0 Å². The monoisotopic (exact) mass is 415 g/mol. The van der Waals surface area contributed by atoms with Crippen LogP contribution in [0.5, 0.6) is 0 Å². The molecule has 2 aromatic carbocycles. The number of hydrogen-bond donors (Lipinski definition) is 1. The standard InChI is InChI=1S/C18H17Cl3FN3O/c1-24-4-6-25(7-5-24)17-3-2-11(19)8-16(17)23-18(26)12-9-15(22)14(21)10-13(12)20/h2-3,8-10H,4-7H2,1H3,(H,23,26). The fraction of sp³-hybridized carbons (Fsp3) is 0.278. The number of amides is 1. The van der Waals surface area contributed by atoms with Gasteiger partial charge in [0.1, 0.15) is 5.82 Å². The molecule has 8 heteroatoms. The van der Waals surface area contributed by atoms with Crippen molar-refractivity contribution in [3.05, 3.63) is 56.8 Å². The molecule has 0 bridgehead atoms. The third-order valence-electron chi connectivity index (χ3n) is 4.31. The average molecular weight is 417 g/mol. The molecule has 0 aliphatic carbocycles. The van der Waals surface area contributed by atoms with Crippen molar-refractivity contribution >= 4 is 52.1 Å². The number of anilines is 2. The first kappa shape index (κ1) is 19.2. The van der Waals surface area contributed by atoms with Crippen LogP contribution in [0.3, 0.4) is 0 Å². The lowest BCUT2D eigenvalue weighted by atomic mass is 10.1. The summed E-state index contributed by atoms with van der Waals surface area (Å²) in [7, 11) is 2.07. The topological polar surface area (TPSA) is 35.6 Å². The second kappa shape index (κ2) is 8.01. The van der Waals surface area contributed by atoms with Crippen LogP contribution in [-0.4, -0.2) is 44.0 Å². The molecule has 0 unspecified atom stereocenters. The van der Waals surface area contributed by atoms with Crippen LogP contribution in [-0.2, 0) is 0 Å². The lowest BCUT2D eigenvalue weighted by molar-refractivity contribution is 0.102. The third-order valence-corrected chi connectivity index (χ3v) is 5.14.